The lowest BCUT2D eigenvalue weighted by Gasteiger charge is -2.32. The number of rotatable bonds is 6. The largest absolute Gasteiger partial charge is 0.340 e. The van der Waals surface area contributed by atoms with Crippen LogP contribution in [0.5, 0.6) is 0 Å². The number of carbonyl (C=O) groups excluding carboxylic acids is 1. The highest BCUT2D eigenvalue weighted by molar-refractivity contribution is 5.94. The van der Waals surface area contributed by atoms with E-state index in [0.717, 1.165) is 6.54 Å². The van der Waals surface area contributed by atoms with E-state index in [9.17, 15) is 9.18 Å². The van der Waals surface area contributed by atoms with E-state index in [1.165, 1.54) is 38.2 Å². The lowest BCUT2D eigenvalue weighted by Crippen LogP contribution is -2.40. The first kappa shape index (κ1) is 19.5. The normalized spacial score (nSPS) is 15.1. The van der Waals surface area contributed by atoms with Gasteiger partial charge in [-0.05, 0) is 32.0 Å². The smallest absolute Gasteiger partial charge is 0.255 e. The number of hydrogen-bond donors (Lipinski definition) is 0. The molecule has 27 heavy (non-hydrogen) atoms. The average Bonchev–Trinajstić information content (AvgIpc) is 2.72. The predicted octanol–water partition coefficient (Wildman–Crippen LogP) is 4.22. The Kier molecular flexibility index (Phi) is 6.56. The van der Waals surface area contributed by atoms with E-state index in [0.29, 0.717) is 29.3 Å². The minimum atomic E-state index is -0.314. The molecule has 1 aliphatic rings. The van der Waals surface area contributed by atoms with Gasteiger partial charge in [0, 0.05) is 49.7 Å². The minimum absolute atomic E-state index is 0.0854. The van der Waals surface area contributed by atoms with Crippen LogP contribution in [-0.4, -0.2) is 53.9 Å². The van der Waals surface area contributed by atoms with E-state index >= 15 is 0 Å². The first-order chi connectivity index (χ1) is 13.1. The zero-order chi connectivity index (χ0) is 19.2. The highest BCUT2D eigenvalue weighted by Gasteiger charge is 2.19. The maximum absolute atomic E-state index is 14.0. The Bertz CT molecular complexity index is 774. The first-order valence-corrected chi connectivity index (χ1v) is 9.72. The van der Waals surface area contributed by atoms with Crippen molar-refractivity contribution >= 4 is 5.91 Å². The van der Waals surface area contributed by atoms with Gasteiger partial charge in [0.25, 0.3) is 5.91 Å². The summed E-state index contributed by atoms with van der Waals surface area (Å²) in [6, 6.07) is 8.89. The number of amides is 1. The summed E-state index contributed by atoms with van der Waals surface area (Å²) in [6.07, 6.45) is 9.59. The van der Waals surface area contributed by atoms with Gasteiger partial charge in [0.05, 0.1) is 5.56 Å². The second-order valence-corrected chi connectivity index (χ2v) is 7.44. The Morgan fingerprint density at radius 3 is 2.59 bits per heavy atom. The fraction of sp³-hybridized carbons (Fsp3) is 0.455. The van der Waals surface area contributed by atoms with Crippen molar-refractivity contribution in [2.75, 3.05) is 27.2 Å². The molecule has 0 N–H and O–H groups in total. The number of carbonyl (C=O) groups is 1. The zero-order valence-corrected chi connectivity index (χ0v) is 16.2. The Morgan fingerprint density at radius 2 is 1.85 bits per heavy atom. The molecule has 5 heteroatoms. The molecule has 0 atom stereocenters. The summed E-state index contributed by atoms with van der Waals surface area (Å²) in [5.74, 6) is -0.399. The van der Waals surface area contributed by atoms with Gasteiger partial charge in [0.2, 0.25) is 0 Å². The van der Waals surface area contributed by atoms with Gasteiger partial charge in [-0.1, -0.05) is 37.5 Å². The van der Waals surface area contributed by atoms with Gasteiger partial charge in [0.1, 0.15) is 5.82 Å². The fourth-order valence-corrected chi connectivity index (χ4v) is 3.73. The SMILES string of the molecule is CN(CCN(C)C1CCCCC1)C(=O)c1cncc(-c2ccccc2F)c1. The molecule has 3 rings (SSSR count). The molecule has 0 unspecified atom stereocenters. The highest BCUT2D eigenvalue weighted by atomic mass is 19.1. The monoisotopic (exact) mass is 369 g/mol. The number of benzene rings is 1. The van der Waals surface area contributed by atoms with Crippen LogP contribution >= 0.6 is 0 Å². The molecule has 1 aromatic carbocycles. The van der Waals surface area contributed by atoms with Crippen molar-refractivity contribution in [1.82, 2.24) is 14.8 Å². The lowest BCUT2D eigenvalue weighted by molar-refractivity contribution is 0.0767. The number of pyridine rings is 1. The second kappa shape index (κ2) is 9.09. The predicted molar refractivity (Wildman–Crippen MR) is 106 cm³/mol. The summed E-state index contributed by atoms with van der Waals surface area (Å²) in [4.78, 5) is 21.0. The standard InChI is InChI=1S/C22H28FN3O/c1-25(19-8-4-3-5-9-19)12-13-26(2)22(27)18-14-17(15-24-16-18)20-10-6-7-11-21(20)23/h6-7,10-11,14-16,19H,3-5,8-9,12-13H2,1-2H3. The average molecular weight is 369 g/mol. The number of likely N-dealkylation sites (N-methyl/N-ethyl adjacent to an activating group) is 2. The van der Waals surface area contributed by atoms with Crippen LogP contribution in [0, 0.1) is 5.82 Å². The van der Waals surface area contributed by atoms with Crippen LogP contribution in [-0.2, 0) is 0 Å². The van der Waals surface area contributed by atoms with Gasteiger partial charge < -0.3 is 9.80 Å². The first-order valence-electron chi connectivity index (χ1n) is 9.72. The van der Waals surface area contributed by atoms with Gasteiger partial charge in [0.15, 0.2) is 0 Å². The molecule has 4 nitrogen and oxygen atoms in total. The van der Waals surface area contributed by atoms with Crippen LogP contribution < -0.4 is 0 Å². The molecule has 2 aromatic rings. The van der Waals surface area contributed by atoms with Gasteiger partial charge in [-0.3, -0.25) is 9.78 Å². The second-order valence-electron chi connectivity index (χ2n) is 7.44. The Morgan fingerprint density at radius 1 is 1.11 bits per heavy atom. The molecule has 1 aromatic heterocycles. The molecule has 1 aliphatic carbocycles. The van der Waals surface area contributed by atoms with Crippen LogP contribution in [0.3, 0.4) is 0 Å². The molecule has 1 fully saturated rings. The van der Waals surface area contributed by atoms with Gasteiger partial charge in [-0.2, -0.15) is 0 Å². The number of aromatic nitrogens is 1. The highest BCUT2D eigenvalue weighted by Crippen LogP contribution is 2.23. The summed E-state index contributed by atoms with van der Waals surface area (Å²) in [7, 11) is 3.96. The summed E-state index contributed by atoms with van der Waals surface area (Å²) in [5.41, 5.74) is 1.56. The van der Waals surface area contributed by atoms with E-state index < -0.39 is 0 Å². The molecule has 1 saturated carbocycles. The van der Waals surface area contributed by atoms with E-state index in [4.69, 9.17) is 0 Å². The lowest BCUT2D eigenvalue weighted by atomic mass is 9.94. The van der Waals surface area contributed by atoms with Crippen LogP contribution in [0.15, 0.2) is 42.7 Å². The third kappa shape index (κ3) is 4.92. The fourth-order valence-electron chi connectivity index (χ4n) is 3.73. The van der Waals surface area contributed by atoms with E-state index in [2.05, 4.69) is 16.9 Å². The molecule has 0 bridgehead atoms. The molecule has 0 saturated heterocycles. The number of hydrogen-bond acceptors (Lipinski definition) is 3. The third-order valence-electron chi connectivity index (χ3n) is 5.50. The minimum Gasteiger partial charge on any atom is -0.340 e. The van der Waals surface area contributed by atoms with Gasteiger partial charge >= 0.3 is 0 Å². The summed E-state index contributed by atoms with van der Waals surface area (Å²) < 4.78 is 14.0. The van der Waals surface area contributed by atoms with Crippen molar-refractivity contribution < 1.29 is 9.18 Å². The van der Waals surface area contributed by atoms with Crippen molar-refractivity contribution in [1.29, 1.82) is 0 Å². The maximum atomic E-state index is 14.0. The number of nitrogens with zero attached hydrogens (tertiary/aromatic N) is 3. The topological polar surface area (TPSA) is 36.4 Å². The molecule has 1 amide bonds. The molecule has 0 aliphatic heterocycles. The van der Waals surface area contributed by atoms with Crippen molar-refractivity contribution in [3.05, 3.63) is 54.1 Å². The molecule has 144 valence electrons. The molecule has 0 spiro atoms. The van der Waals surface area contributed by atoms with E-state index in [-0.39, 0.29) is 11.7 Å². The van der Waals surface area contributed by atoms with Crippen molar-refractivity contribution in [3.63, 3.8) is 0 Å². The maximum Gasteiger partial charge on any atom is 0.255 e. The van der Waals surface area contributed by atoms with Gasteiger partial charge in [-0.15, -0.1) is 0 Å². The van der Waals surface area contributed by atoms with Crippen LogP contribution in [0.2, 0.25) is 0 Å². The quantitative estimate of drug-likeness (QED) is 0.765. The summed E-state index contributed by atoms with van der Waals surface area (Å²) in [6.45, 7) is 1.52. The van der Waals surface area contributed by atoms with Gasteiger partial charge in [-0.25, -0.2) is 4.39 Å². The zero-order valence-electron chi connectivity index (χ0n) is 16.2. The number of halogens is 1. The molecular formula is C22H28FN3O. The van der Waals surface area contributed by atoms with Crippen LogP contribution in [0.1, 0.15) is 42.5 Å². The van der Waals surface area contributed by atoms with Crippen molar-refractivity contribution in [2.45, 2.75) is 38.1 Å². The molecule has 1 heterocycles. The Hall–Kier alpha value is -2.27. The van der Waals surface area contributed by atoms with Crippen LogP contribution in [0.25, 0.3) is 11.1 Å². The van der Waals surface area contributed by atoms with Crippen molar-refractivity contribution in [3.8, 4) is 11.1 Å². The Balaban J connectivity index is 1.63. The third-order valence-corrected chi connectivity index (χ3v) is 5.50. The molecule has 0 radical (unpaired) electrons. The van der Waals surface area contributed by atoms with E-state index in [1.54, 1.807) is 41.6 Å². The summed E-state index contributed by atoms with van der Waals surface area (Å²) >= 11 is 0. The molecular weight excluding hydrogens is 341 g/mol. The van der Waals surface area contributed by atoms with Crippen molar-refractivity contribution in [2.24, 2.45) is 0 Å². The van der Waals surface area contributed by atoms with E-state index in [1.807, 2.05) is 7.05 Å². The van der Waals surface area contributed by atoms with Crippen LogP contribution in [0.4, 0.5) is 4.39 Å². The summed E-state index contributed by atoms with van der Waals surface area (Å²) in [5, 5.41) is 0. The Labute approximate surface area is 161 Å².